The molecule has 0 aromatic heterocycles. The van der Waals surface area contributed by atoms with E-state index in [2.05, 4.69) is 26.5 Å². The lowest BCUT2D eigenvalue weighted by atomic mass is 10.1. The second-order valence-corrected chi connectivity index (χ2v) is 10.3. The zero-order valence-corrected chi connectivity index (χ0v) is 20.7. The van der Waals surface area contributed by atoms with E-state index in [1.54, 1.807) is 25.1 Å². The molecule has 0 radical (unpaired) electrons. The van der Waals surface area contributed by atoms with Crippen molar-refractivity contribution in [3.05, 3.63) is 92.9 Å². The Morgan fingerprint density at radius 3 is 2.31 bits per heavy atom. The fraction of sp³-hybridized carbons (Fsp3) is 0.0909. The van der Waals surface area contributed by atoms with Crippen LogP contribution in [0.15, 0.2) is 87.3 Å². The fourth-order valence-electron chi connectivity index (χ4n) is 2.77. The number of nitrogens with one attached hydrogen (secondary N) is 1. The first kappa shape index (κ1) is 24.3. The third-order valence-electron chi connectivity index (χ3n) is 4.41. The molecule has 0 atom stereocenters. The van der Waals surface area contributed by atoms with Crippen molar-refractivity contribution in [1.29, 1.82) is 0 Å². The van der Waals surface area contributed by atoms with Gasteiger partial charge in [0, 0.05) is 9.50 Å². The van der Waals surface area contributed by atoms with Crippen LogP contribution in [0.4, 0.5) is 5.69 Å². The van der Waals surface area contributed by atoms with Crippen LogP contribution in [0, 0.1) is 0 Å². The molecule has 32 heavy (non-hydrogen) atoms. The van der Waals surface area contributed by atoms with E-state index in [0.29, 0.717) is 10.7 Å². The molecule has 3 aromatic carbocycles. The molecular weight excluding hydrogens is 537 g/mol. The van der Waals surface area contributed by atoms with Gasteiger partial charge in [-0.15, -0.1) is 0 Å². The Bertz CT molecular complexity index is 1250. The maximum Gasteiger partial charge on any atom is 0.264 e. The minimum Gasteiger partial charge on any atom is -0.271 e. The summed E-state index contributed by atoms with van der Waals surface area (Å²) in [6.45, 7) is 1.20. The Hall–Kier alpha value is -2.39. The number of hydrogen-bond acceptors (Lipinski definition) is 4. The molecule has 1 amide bonds. The van der Waals surface area contributed by atoms with Crippen molar-refractivity contribution in [2.45, 2.75) is 11.8 Å². The SMILES string of the molecule is C/C(=N/NC(=O)CN(c1ccc(Cl)cc1Cl)S(=O)(=O)c1ccccc1)c1ccc(Br)cc1. The van der Waals surface area contributed by atoms with E-state index >= 15 is 0 Å². The number of hydrazone groups is 1. The minimum atomic E-state index is -4.09. The molecule has 1 N–H and O–H groups in total. The highest BCUT2D eigenvalue weighted by atomic mass is 79.9. The monoisotopic (exact) mass is 553 g/mol. The second kappa shape index (κ2) is 10.5. The fourth-order valence-corrected chi connectivity index (χ4v) is 5.06. The number of halogens is 3. The van der Waals surface area contributed by atoms with Crippen molar-refractivity contribution in [2.75, 3.05) is 10.8 Å². The van der Waals surface area contributed by atoms with Crippen molar-refractivity contribution in [2.24, 2.45) is 5.10 Å². The quantitative estimate of drug-likeness (QED) is 0.310. The van der Waals surface area contributed by atoms with Gasteiger partial charge >= 0.3 is 0 Å². The van der Waals surface area contributed by atoms with E-state index in [0.717, 1.165) is 14.3 Å². The van der Waals surface area contributed by atoms with Gasteiger partial charge in [-0.2, -0.15) is 5.10 Å². The number of hydrogen-bond donors (Lipinski definition) is 1. The summed E-state index contributed by atoms with van der Waals surface area (Å²) in [6, 6.07) is 19.5. The molecule has 6 nitrogen and oxygen atoms in total. The van der Waals surface area contributed by atoms with Crippen LogP contribution >= 0.6 is 39.1 Å². The lowest BCUT2D eigenvalue weighted by Crippen LogP contribution is -2.40. The molecule has 0 fully saturated rings. The predicted octanol–water partition coefficient (Wildman–Crippen LogP) is 5.49. The summed E-state index contributed by atoms with van der Waals surface area (Å²) in [5.41, 5.74) is 3.91. The Balaban J connectivity index is 1.89. The van der Waals surface area contributed by atoms with Gasteiger partial charge in [0.2, 0.25) is 0 Å². The molecule has 3 aromatic rings. The van der Waals surface area contributed by atoms with Crippen LogP contribution in [0.5, 0.6) is 0 Å². The van der Waals surface area contributed by atoms with E-state index in [1.165, 1.54) is 30.3 Å². The number of anilines is 1. The average molecular weight is 555 g/mol. The number of carbonyl (C=O) groups excluding carboxylic acids is 1. The Morgan fingerprint density at radius 1 is 1.03 bits per heavy atom. The average Bonchev–Trinajstić information content (AvgIpc) is 2.77. The summed E-state index contributed by atoms with van der Waals surface area (Å²) < 4.78 is 28.5. The second-order valence-electron chi connectivity index (χ2n) is 6.66. The number of carbonyl (C=O) groups is 1. The van der Waals surface area contributed by atoms with Crippen molar-refractivity contribution in [1.82, 2.24) is 5.43 Å². The predicted molar refractivity (Wildman–Crippen MR) is 132 cm³/mol. The topological polar surface area (TPSA) is 78.8 Å². The molecule has 0 aliphatic rings. The molecule has 0 heterocycles. The molecule has 0 spiro atoms. The van der Waals surface area contributed by atoms with Crippen LogP contribution in [-0.4, -0.2) is 26.6 Å². The molecule has 0 aliphatic heterocycles. The Morgan fingerprint density at radius 2 is 1.69 bits per heavy atom. The van der Waals surface area contributed by atoms with Crippen LogP contribution in [0.3, 0.4) is 0 Å². The summed E-state index contributed by atoms with van der Waals surface area (Å²) in [5.74, 6) is -0.632. The van der Waals surface area contributed by atoms with Gasteiger partial charge in [0.25, 0.3) is 15.9 Å². The lowest BCUT2D eigenvalue weighted by Gasteiger charge is -2.24. The van der Waals surface area contributed by atoms with Gasteiger partial charge in [-0.05, 0) is 55.0 Å². The molecular formula is C22H18BrCl2N3O3S. The minimum absolute atomic E-state index is 0.0216. The lowest BCUT2D eigenvalue weighted by molar-refractivity contribution is -0.119. The highest BCUT2D eigenvalue weighted by Gasteiger charge is 2.28. The molecule has 0 saturated carbocycles. The van der Waals surface area contributed by atoms with Gasteiger partial charge in [0.05, 0.1) is 21.3 Å². The van der Waals surface area contributed by atoms with Crippen LogP contribution in [0.1, 0.15) is 12.5 Å². The van der Waals surface area contributed by atoms with E-state index in [-0.39, 0.29) is 15.6 Å². The standard InChI is InChI=1S/C22H18BrCl2N3O3S/c1-15(16-7-9-17(23)10-8-16)26-27-22(29)14-28(21-12-11-18(24)13-20(21)25)32(30,31)19-5-3-2-4-6-19/h2-13H,14H2,1H3,(H,27,29)/b26-15-. The van der Waals surface area contributed by atoms with Crippen LogP contribution < -0.4 is 9.73 Å². The zero-order chi connectivity index (χ0) is 23.3. The van der Waals surface area contributed by atoms with E-state index in [1.807, 2.05) is 24.3 Å². The summed E-state index contributed by atoms with van der Waals surface area (Å²) in [5, 5.41) is 4.53. The summed E-state index contributed by atoms with van der Waals surface area (Å²) in [6.07, 6.45) is 0. The van der Waals surface area contributed by atoms with Crippen LogP contribution in [-0.2, 0) is 14.8 Å². The number of benzene rings is 3. The van der Waals surface area contributed by atoms with Gasteiger partial charge in [0.15, 0.2) is 0 Å². The summed E-state index contributed by atoms with van der Waals surface area (Å²) in [7, 11) is -4.09. The Labute approximate surface area is 205 Å². The smallest absolute Gasteiger partial charge is 0.264 e. The summed E-state index contributed by atoms with van der Waals surface area (Å²) >= 11 is 15.6. The highest BCUT2D eigenvalue weighted by molar-refractivity contribution is 9.10. The van der Waals surface area contributed by atoms with Gasteiger partial charge in [-0.3, -0.25) is 9.10 Å². The largest absolute Gasteiger partial charge is 0.271 e. The number of sulfonamides is 1. The third-order valence-corrected chi connectivity index (χ3v) is 7.25. The molecule has 166 valence electrons. The third kappa shape index (κ3) is 5.89. The first-order chi connectivity index (χ1) is 15.2. The van der Waals surface area contributed by atoms with Crippen LogP contribution in [0.25, 0.3) is 0 Å². The number of nitrogens with zero attached hydrogens (tertiary/aromatic N) is 2. The van der Waals surface area contributed by atoms with Gasteiger partial charge in [0.1, 0.15) is 6.54 Å². The first-order valence-corrected chi connectivity index (χ1v) is 12.3. The molecule has 0 bridgehead atoms. The van der Waals surface area contributed by atoms with Crippen molar-refractivity contribution in [3.63, 3.8) is 0 Å². The number of rotatable bonds is 7. The van der Waals surface area contributed by atoms with E-state index in [4.69, 9.17) is 23.2 Å². The Kier molecular flexibility index (Phi) is 7.95. The molecule has 0 saturated heterocycles. The van der Waals surface area contributed by atoms with Gasteiger partial charge in [-0.1, -0.05) is 69.5 Å². The highest BCUT2D eigenvalue weighted by Crippen LogP contribution is 2.32. The maximum absolute atomic E-state index is 13.3. The summed E-state index contributed by atoms with van der Waals surface area (Å²) in [4.78, 5) is 12.7. The van der Waals surface area contributed by atoms with Gasteiger partial charge < -0.3 is 0 Å². The van der Waals surface area contributed by atoms with Crippen LogP contribution in [0.2, 0.25) is 10.0 Å². The van der Waals surface area contributed by atoms with Crippen molar-refractivity contribution >= 4 is 66.5 Å². The normalized spacial score (nSPS) is 11.8. The van der Waals surface area contributed by atoms with E-state index < -0.39 is 22.5 Å². The maximum atomic E-state index is 13.3. The van der Waals surface area contributed by atoms with E-state index in [9.17, 15) is 13.2 Å². The molecule has 10 heteroatoms. The molecule has 0 aliphatic carbocycles. The van der Waals surface area contributed by atoms with Gasteiger partial charge in [-0.25, -0.2) is 13.8 Å². The van der Waals surface area contributed by atoms with Crippen molar-refractivity contribution in [3.8, 4) is 0 Å². The molecule has 0 unspecified atom stereocenters. The first-order valence-electron chi connectivity index (χ1n) is 9.30. The molecule has 3 rings (SSSR count). The number of amides is 1. The van der Waals surface area contributed by atoms with Crippen molar-refractivity contribution < 1.29 is 13.2 Å². The zero-order valence-electron chi connectivity index (χ0n) is 16.8.